The second-order valence-electron chi connectivity index (χ2n) is 8.86. The van der Waals surface area contributed by atoms with Gasteiger partial charge in [-0.2, -0.15) is 5.10 Å². The smallest absolute Gasteiger partial charge is 0.281 e. The highest BCUT2D eigenvalue weighted by atomic mass is 16.5. The highest BCUT2D eigenvalue weighted by Gasteiger charge is 2.20. The molecule has 0 bridgehead atoms. The van der Waals surface area contributed by atoms with E-state index in [9.17, 15) is 4.79 Å². The number of amides is 1. The Morgan fingerprint density at radius 1 is 1.00 bits per heavy atom. The second-order valence-corrected chi connectivity index (χ2v) is 8.86. The maximum absolute atomic E-state index is 13.0. The first-order valence-electron chi connectivity index (χ1n) is 12.7. The molecule has 11 nitrogen and oxygen atoms in total. The fourth-order valence-corrected chi connectivity index (χ4v) is 3.94. The van der Waals surface area contributed by atoms with Crippen molar-refractivity contribution in [3.63, 3.8) is 0 Å². The Kier molecular flexibility index (Phi) is 7.72. The molecule has 1 amide bonds. The Morgan fingerprint density at radius 2 is 1.88 bits per heavy atom. The first-order chi connectivity index (χ1) is 19.4. The second kappa shape index (κ2) is 11.7. The van der Waals surface area contributed by atoms with Gasteiger partial charge in [0.15, 0.2) is 22.9 Å². The molecule has 0 unspecified atom stereocenters. The van der Waals surface area contributed by atoms with Crippen molar-refractivity contribution in [2.45, 2.75) is 26.9 Å². The molecule has 0 spiro atoms. The van der Waals surface area contributed by atoms with E-state index in [1.807, 2.05) is 39.0 Å². The lowest BCUT2D eigenvalue weighted by Gasteiger charge is -2.15. The van der Waals surface area contributed by atoms with Crippen LogP contribution < -0.4 is 24.3 Å². The molecule has 5 aromatic rings. The van der Waals surface area contributed by atoms with E-state index in [4.69, 9.17) is 18.9 Å². The Balaban J connectivity index is 1.34. The summed E-state index contributed by atoms with van der Waals surface area (Å²) in [6.45, 7) is 6.11. The zero-order valence-corrected chi connectivity index (χ0v) is 22.5. The molecule has 5 rings (SSSR count). The zero-order chi connectivity index (χ0) is 28.1. The summed E-state index contributed by atoms with van der Waals surface area (Å²) < 4.78 is 24.7. The fourth-order valence-electron chi connectivity index (χ4n) is 3.94. The predicted octanol–water partition coefficient (Wildman–Crippen LogP) is 5.45. The number of hydrogen-bond donors (Lipinski definition) is 1. The number of nitrogens with one attached hydrogen (secondary N) is 1. The lowest BCUT2D eigenvalue weighted by molar-refractivity contribution is 0.101. The van der Waals surface area contributed by atoms with Crippen molar-refractivity contribution in [1.82, 2.24) is 24.7 Å². The molecule has 0 aliphatic heterocycles. The molecular formula is C29H28N6O5. The third-order valence-electron chi connectivity index (χ3n) is 5.66. The van der Waals surface area contributed by atoms with Crippen LogP contribution in [0, 0.1) is 0 Å². The van der Waals surface area contributed by atoms with Crippen molar-refractivity contribution in [2.24, 2.45) is 0 Å². The largest absolute Gasteiger partial charge is 0.493 e. The van der Waals surface area contributed by atoms with Crippen LogP contribution in [0.15, 0.2) is 73.4 Å². The monoisotopic (exact) mass is 540 g/mol. The highest BCUT2D eigenvalue weighted by Crippen LogP contribution is 2.37. The molecule has 4 heterocycles. The van der Waals surface area contributed by atoms with Crippen LogP contribution in [0.5, 0.6) is 28.7 Å². The van der Waals surface area contributed by atoms with Crippen LogP contribution in [0.2, 0.25) is 0 Å². The van der Waals surface area contributed by atoms with Gasteiger partial charge < -0.3 is 24.3 Å². The number of hydrogen-bond acceptors (Lipinski definition) is 9. The van der Waals surface area contributed by atoms with Gasteiger partial charge in [-0.1, -0.05) is 0 Å². The number of pyridine rings is 3. The van der Waals surface area contributed by atoms with Gasteiger partial charge in [0.25, 0.3) is 5.91 Å². The molecule has 11 heteroatoms. The van der Waals surface area contributed by atoms with E-state index in [2.05, 4.69) is 25.4 Å². The third kappa shape index (κ3) is 5.78. The van der Waals surface area contributed by atoms with Crippen molar-refractivity contribution in [3.8, 4) is 34.4 Å². The molecule has 0 fully saturated rings. The minimum atomic E-state index is -0.459. The van der Waals surface area contributed by atoms with Crippen molar-refractivity contribution < 1.29 is 23.7 Å². The molecular weight excluding hydrogens is 512 g/mol. The van der Waals surface area contributed by atoms with Gasteiger partial charge in [-0.3, -0.25) is 14.8 Å². The number of carbonyl (C=O) groups is 1. The van der Waals surface area contributed by atoms with Crippen molar-refractivity contribution in [2.75, 3.05) is 19.0 Å². The van der Waals surface area contributed by atoms with Crippen LogP contribution in [0.4, 0.5) is 5.82 Å². The lowest BCUT2D eigenvalue weighted by atomic mass is 10.1. The predicted molar refractivity (Wildman–Crippen MR) is 149 cm³/mol. The van der Waals surface area contributed by atoms with E-state index >= 15 is 0 Å². The lowest BCUT2D eigenvalue weighted by Crippen LogP contribution is -2.15. The standard InChI is InChI=1S/C29H28N6O5/c1-5-38-26-17-35(19-7-6-11-30-15-19)34-28(26)29(36)33-27-9-8-20(16-32-27)40-23-10-12-31-22-14-25(39-18(2)3)24(37-4)13-21(22)23/h6-18H,5H2,1-4H3,(H,32,33,36). The van der Waals surface area contributed by atoms with Gasteiger partial charge in [0.2, 0.25) is 0 Å². The number of carbonyl (C=O) groups excluding carboxylic acids is 1. The van der Waals surface area contributed by atoms with Crippen LogP contribution in [-0.2, 0) is 0 Å². The summed E-state index contributed by atoms with van der Waals surface area (Å²) >= 11 is 0. The number of rotatable bonds is 10. The van der Waals surface area contributed by atoms with Crippen LogP contribution in [-0.4, -0.2) is 50.5 Å². The van der Waals surface area contributed by atoms with Crippen molar-refractivity contribution >= 4 is 22.6 Å². The van der Waals surface area contributed by atoms with E-state index in [1.165, 1.54) is 6.20 Å². The molecule has 204 valence electrons. The summed E-state index contributed by atoms with van der Waals surface area (Å²) in [6.07, 6.45) is 8.12. The van der Waals surface area contributed by atoms with Gasteiger partial charge in [-0.15, -0.1) is 0 Å². The molecule has 0 radical (unpaired) electrons. The summed E-state index contributed by atoms with van der Waals surface area (Å²) in [6, 6.07) is 12.4. The number of fused-ring (bicyclic) bond motifs is 1. The summed E-state index contributed by atoms with van der Waals surface area (Å²) in [7, 11) is 1.59. The molecule has 4 aromatic heterocycles. The number of ether oxygens (including phenoxy) is 4. The van der Waals surface area contributed by atoms with Crippen LogP contribution in [0.25, 0.3) is 16.6 Å². The number of nitrogens with zero attached hydrogens (tertiary/aromatic N) is 5. The van der Waals surface area contributed by atoms with Gasteiger partial charge in [-0.05, 0) is 57.2 Å². The molecule has 0 aliphatic rings. The van der Waals surface area contributed by atoms with E-state index < -0.39 is 5.91 Å². The number of anilines is 1. The van der Waals surface area contributed by atoms with Gasteiger partial charge in [-0.25, -0.2) is 9.67 Å². The summed E-state index contributed by atoms with van der Waals surface area (Å²) in [4.78, 5) is 25.9. The minimum Gasteiger partial charge on any atom is -0.493 e. The third-order valence-corrected chi connectivity index (χ3v) is 5.66. The van der Waals surface area contributed by atoms with Crippen LogP contribution >= 0.6 is 0 Å². The van der Waals surface area contributed by atoms with E-state index in [-0.39, 0.29) is 11.8 Å². The van der Waals surface area contributed by atoms with Gasteiger partial charge in [0.05, 0.1) is 49.6 Å². The summed E-state index contributed by atoms with van der Waals surface area (Å²) in [5.74, 6) is 2.45. The first kappa shape index (κ1) is 26.4. The van der Waals surface area contributed by atoms with E-state index in [0.29, 0.717) is 52.4 Å². The molecule has 0 saturated heterocycles. The quantitative estimate of drug-likeness (QED) is 0.246. The zero-order valence-electron chi connectivity index (χ0n) is 22.5. The van der Waals surface area contributed by atoms with Crippen molar-refractivity contribution in [3.05, 3.63) is 79.1 Å². The molecule has 0 saturated carbocycles. The number of benzene rings is 1. The summed E-state index contributed by atoms with van der Waals surface area (Å²) in [5.41, 5.74) is 1.53. The van der Waals surface area contributed by atoms with E-state index in [0.717, 1.165) is 5.39 Å². The normalized spacial score (nSPS) is 10.9. The fraction of sp³-hybridized carbons (Fsp3) is 0.207. The van der Waals surface area contributed by atoms with Gasteiger partial charge in [0.1, 0.15) is 17.3 Å². The SMILES string of the molecule is CCOc1cn(-c2cccnc2)nc1C(=O)Nc1ccc(Oc2ccnc3cc(OC(C)C)c(OC)cc23)cn1. The van der Waals surface area contributed by atoms with E-state index in [1.54, 1.807) is 60.8 Å². The van der Waals surface area contributed by atoms with Gasteiger partial charge >= 0.3 is 0 Å². The number of aromatic nitrogens is 5. The summed E-state index contributed by atoms with van der Waals surface area (Å²) in [5, 5.41) is 7.91. The van der Waals surface area contributed by atoms with Crippen LogP contribution in [0.3, 0.4) is 0 Å². The Morgan fingerprint density at radius 3 is 2.58 bits per heavy atom. The molecule has 40 heavy (non-hydrogen) atoms. The maximum atomic E-state index is 13.0. The average molecular weight is 541 g/mol. The Bertz CT molecular complexity index is 1620. The Hall–Kier alpha value is -5.19. The molecule has 1 N–H and O–H groups in total. The molecule has 0 atom stereocenters. The minimum absolute atomic E-state index is 0.0153. The van der Waals surface area contributed by atoms with Crippen LogP contribution in [0.1, 0.15) is 31.3 Å². The highest BCUT2D eigenvalue weighted by molar-refractivity contribution is 6.04. The molecule has 0 aliphatic carbocycles. The maximum Gasteiger partial charge on any atom is 0.281 e. The Labute approximate surface area is 230 Å². The topological polar surface area (TPSA) is 123 Å². The average Bonchev–Trinajstić information content (AvgIpc) is 3.38. The van der Waals surface area contributed by atoms with Gasteiger partial charge in [0, 0.05) is 23.8 Å². The van der Waals surface area contributed by atoms with Crippen molar-refractivity contribution in [1.29, 1.82) is 0 Å². The molecule has 1 aromatic carbocycles. The number of methoxy groups -OCH3 is 1. The first-order valence-corrected chi connectivity index (χ1v) is 12.7.